The van der Waals surface area contributed by atoms with Crippen LogP contribution >= 0.6 is 11.3 Å². The molecule has 4 heterocycles. The maximum atomic E-state index is 12.3. The monoisotopic (exact) mass is 358 g/mol. The lowest BCUT2D eigenvalue weighted by atomic mass is 10.1. The van der Waals surface area contributed by atoms with Crippen molar-refractivity contribution in [3.63, 3.8) is 0 Å². The molecule has 130 valence electrons. The van der Waals surface area contributed by atoms with Crippen LogP contribution in [0.15, 0.2) is 22.0 Å². The fourth-order valence-corrected chi connectivity index (χ4v) is 3.57. The summed E-state index contributed by atoms with van der Waals surface area (Å²) < 4.78 is 5.23. The standard InChI is InChI=1S/C16H18N6O2S/c1-10-18-12-4-5-22(9-13(12)19-10)16(23)17-8-14-20-15(24-21-14)7-11-3-2-6-25-11/h2-3,6H,4-5,7-9H2,1H3,(H,17,23)(H,18,19). The minimum atomic E-state index is -0.137. The first-order valence-corrected chi connectivity index (χ1v) is 8.96. The summed E-state index contributed by atoms with van der Waals surface area (Å²) in [6.07, 6.45) is 1.38. The fourth-order valence-electron chi connectivity index (χ4n) is 2.87. The van der Waals surface area contributed by atoms with E-state index in [1.807, 2.05) is 24.4 Å². The van der Waals surface area contributed by atoms with Gasteiger partial charge in [0, 0.05) is 17.8 Å². The molecule has 3 aromatic rings. The summed E-state index contributed by atoms with van der Waals surface area (Å²) in [6.45, 7) is 3.36. The highest BCUT2D eigenvalue weighted by molar-refractivity contribution is 7.09. The Bertz CT molecular complexity index is 869. The van der Waals surface area contributed by atoms with Crippen LogP contribution in [0.2, 0.25) is 0 Å². The fraction of sp³-hybridized carbons (Fsp3) is 0.375. The highest BCUT2D eigenvalue weighted by Gasteiger charge is 2.23. The van der Waals surface area contributed by atoms with E-state index in [-0.39, 0.29) is 12.6 Å². The summed E-state index contributed by atoms with van der Waals surface area (Å²) in [5.74, 6) is 1.93. The Kier molecular flexibility index (Phi) is 4.22. The number of hydrogen-bond acceptors (Lipinski definition) is 6. The van der Waals surface area contributed by atoms with Crippen molar-refractivity contribution in [2.75, 3.05) is 6.54 Å². The van der Waals surface area contributed by atoms with Crippen molar-refractivity contribution < 1.29 is 9.32 Å². The van der Waals surface area contributed by atoms with Crippen molar-refractivity contribution in [1.82, 2.24) is 30.3 Å². The van der Waals surface area contributed by atoms with Gasteiger partial charge < -0.3 is 19.7 Å². The maximum Gasteiger partial charge on any atom is 0.318 e. The molecule has 0 atom stereocenters. The Morgan fingerprint density at radius 3 is 3.24 bits per heavy atom. The number of nitrogens with one attached hydrogen (secondary N) is 2. The van der Waals surface area contributed by atoms with Crippen LogP contribution in [0.4, 0.5) is 4.79 Å². The SMILES string of the molecule is Cc1nc2c([nH]1)CN(C(=O)NCc1noc(Cc3cccs3)n1)CC2. The van der Waals surface area contributed by atoms with Crippen LogP contribution in [0.5, 0.6) is 0 Å². The topological polar surface area (TPSA) is 99.9 Å². The van der Waals surface area contributed by atoms with Gasteiger partial charge in [-0.25, -0.2) is 9.78 Å². The number of nitrogens with zero attached hydrogens (tertiary/aromatic N) is 4. The summed E-state index contributed by atoms with van der Waals surface area (Å²) >= 11 is 1.65. The second-order valence-electron chi connectivity index (χ2n) is 5.94. The van der Waals surface area contributed by atoms with Crippen molar-refractivity contribution in [2.24, 2.45) is 0 Å². The molecule has 1 aliphatic rings. The molecular weight excluding hydrogens is 340 g/mol. The van der Waals surface area contributed by atoms with Crippen molar-refractivity contribution in [1.29, 1.82) is 0 Å². The van der Waals surface area contributed by atoms with E-state index in [2.05, 4.69) is 25.4 Å². The zero-order valence-electron chi connectivity index (χ0n) is 13.8. The molecule has 0 bridgehead atoms. The normalized spacial score (nSPS) is 13.7. The van der Waals surface area contributed by atoms with Crippen molar-refractivity contribution in [2.45, 2.75) is 32.9 Å². The Hall–Kier alpha value is -2.68. The average Bonchev–Trinajstić information content (AvgIpc) is 3.32. The second kappa shape index (κ2) is 6.67. The number of H-pyrrole nitrogens is 1. The lowest BCUT2D eigenvalue weighted by molar-refractivity contribution is 0.190. The van der Waals surface area contributed by atoms with Crippen molar-refractivity contribution in [3.05, 3.63) is 51.3 Å². The van der Waals surface area contributed by atoms with E-state index >= 15 is 0 Å². The lowest BCUT2D eigenvalue weighted by Gasteiger charge is -2.26. The van der Waals surface area contributed by atoms with Gasteiger partial charge in [-0.05, 0) is 18.4 Å². The molecular formula is C16H18N6O2S. The number of aromatic amines is 1. The number of carbonyl (C=O) groups is 1. The van der Waals surface area contributed by atoms with Gasteiger partial charge in [-0.2, -0.15) is 4.98 Å². The molecule has 0 saturated heterocycles. The summed E-state index contributed by atoms with van der Waals surface area (Å²) in [7, 11) is 0. The largest absolute Gasteiger partial charge is 0.344 e. The molecule has 0 unspecified atom stereocenters. The minimum absolute atomic E-state index is 0.137. The minimum Gasteiger partial charge on any atom is -0.344 e. The number of hydrogen-bond donors (Lipinski definition) is 2. The molecule has 0 aromatic carbocycles. The molecule has 0 saturated carbocycles. The van der Waals surface area contributed by atoms with Gasteiger partial charge in [0.1, 0.15) is 5.82 Å². The number of amides is 2. The summed E-state index contributed by atoms with van der Waals surface area (Å²) in [5.41, 5.74) is 2.06. The second-order valence-corrected chi connectivity index (χ2v) is 6.97. The summed E-state index contributed by atoms with van der Waals surface area (Å²) in [5, 5.41) is 8.78. The number of thiophene rings is 1. The molecule has 1 aliphatic heterocycles. The number of aromatic nitrogens is 4. The smallest absolute Gasteiger partial charge is 0.318 e. The van der Waals surface area contributed by atoms with E-state index < -0.39 is 0 Å². The molecule has 2 N–H and O–H groups in total. The summed E-state index contributed by atoms with van der Waals surface area (Å²) in [4.78, 5) is 27.2. The zero-order valence-corrected chi connectivity index (χ0v) is 14.6. The molecule has 3 aromatic heterocycles. The van der Waals surface area contributed by atoms with Gasteiger partial charge in [0.25, 0.3) is 0 Å². The van der Waals surface area contributed by atoms with Crippen molar-refractivity contribution >= 4 is 17.4 Å². The van der Waals surface area contributed by atoms with Crippen LogP contribution in [0.3, 0.4) is 0 Å². The Balaban J connectivity index is 1.31. The number of aryl methyl sites for hydroxylation is 1. The molecule has 0 aliphatic carbocycles. The number of rotatable bonds is 4. The quantitative estimate of drug-likeness (QED) is 0.743. The molecule has 25 heavy (non-hydrogen) atoms. The highest BCUT2D eigenvalue weighted by atomic mass is 32.1. The Morgan fingerprint density at radius 2 is 2.40 bits per heavy atom. The third-order valence-electron chi connectivity index (χ3n) is 4.05. The molecule has 8 nitrogen and oxygen atoms in total. The molecule has 0 radical (unpaired) electrons. The van der Waals surface area contributed by atoms with E-state index in [0.29, 0.717) is 31.2 Å². The van der Waals surface area contributed by atoms with Gasteiger partial charge in [0.15, 0.2) is 5.82 Å². The molecule has 2 amide bonds. The molecule has 9 heteroatoms. The number of fused-ring (bicyclic) bond motifs is 1. The van der Waals surface area contributed by atoms with E-state index in [1.54, 1.807) is 16.2 Å². The maximum absolute atomic E-state index is 12.3. The van der Waals surface area contributed by atoms with Crippen molar-refractivity contribution in [3.8, 4) is 0 Å². The van der Waals surface area contributed by atoms with Crippen LogP contribution in [0.1, 0.15) is 33.8 Å². The first-order chi connectivity index (χ1) is 12.2. The average molecular weight is 358 g/mol. The van der Waals surface area contributed by atoms with E-state index in [1.165, 1.54) is 4.88 Å². The molecule has 4 rings (SSSR count). The Morgan fingerprint density at radius 1 is 1.48 bits per heavy atom. The van der Waals surface area contributed by atoms with Gasteiger partial charge in [0.05, 0.1) is 30.9 Å². The first kappa shape index (κ1) is 15.8. The van der Waals surface area contributed by atoms with E-state index in [4.69, 9.17) is 4.52 Å². The number of imidazole rings is 1. The predicted molar refractivity (Wildman–Crippen MR) is 91.1 cm³/mol. The predicted octanol–water partition coefficient (Wildman–Crippen LogP) is 2.02. The van der Waals surface area contributed by atoms with Gasteiger partial charge in [0.2, 0.25) is 5.89 Å². The van der Waals surface area contributed by atoms with Crippen LogP contribution in [0, 0.1) is 6.92 Å². The molecule has 0 spiro atoms. The Labute approximate surface area is 148 Å². The summed E-state index contributed by atoms with van der Waals surface area (Å²) in [6, 6.07) is 3.88. The first-order valence-electron chi connectivity index (χ1n) is 8.08. The van der Waals surface area contributed by atoms with Gasteiger partial charge in [-0.15, -0.1) is 11.3 Å². The number of carbonyl (C=O) groups excluding carboxylic acids is 1. The van der Waals surface area contributed by atoms with Gasteiger partial charge >= 0.3 is 6.03 Å². The third kappa shape index (κ3) is 3.55. The van der Waals surface area contributed by atoms with E-state index in [0.717, 1.165) is 23.6 Å². The van der Waals surface area contributed by atoms with Crippen LogP contribution in [-0.2, 0) is 25.9 Å². The van der Waals surface area contributed by atoms with Crippen LogP contribution in [-0.4, -0.2) is 37.6 Å². The highest BCUT2D eigenvalue weighted by Crippen LogP contribution is 2.16. The zero-order chi connectivity index (χ0) is 17.2. The van der Waals surface area contributed by atoms with Gasteiger partial charge in [-0.1, -0.05) is 11.2 Å². The molecule has 0 fully saturated rings. The van der Waals surface area contributed by atoms with Gasteiger partial charge in [-0.3, -0.25) is 0 Å². The third-order valence-corrected chi connectivity index (χ3v) is 4.93. The van der Waals surface area contributed by atoms with Crippen LogP contribution < -0.4 is 5.32 Å². The van der Waals surface area contributed by atoms with Crippen LogP contribution in [0.25, 0.3) is 0 Å². The number of urea groups is 1. The lowest BCUT2D eigenvalue weighted by Crippen LogP contribution is -2.42. The van der Waals surface area contributed by atoms with E-state index in [9.17, 15) is 4.79 Å².